The molecule has 0 saturated heterocycles. The fourth-order valence-corrected chi connectivity index (χ4v) is 3.13. The number of carbonyl (C=O) groups is 1. The Morgan fingerprint density at radius 3 is 2.42 bits per heavy atom. The first kappa shape index (κ1) is 16.2. The van der Waals surface area contributed by atoms with E-state index in [4.69, 9.17) is 5.73 Å². The van der Waals surface area contributed by atoms with Crippen molar-refractivity contribution >= 4 is 28.6 Å². The van der Waals surface area contributed by atoms with Gasteiger partial charge in [-0.05, 0) is 42.2 Å². The van der Waals surface area contributed by atoms with E-state index in [0.717, 1.165) is 23.5 Å². The van der Waals surface area contributed by atoms with Crippen molar-refractivity contribution < 1.29 is 4.79 Å². The Kier molecular flexibility index (Phi) is 4.65. The molecule has 0 unspecified atom stereocenters. The number of carbonyl (C=O) groups excluding carboxylic acids is 1. The second-order valence-electron chi connectivity index (χ2n) is 6.54. The first-order chi connectivity index (χ1) is 11.5. The highest BCUT2D eigenvalue weighted by atomic mass is 16.1. The van der Waals surface area contributed by atoms with Crippen LogP contribution in [0.4, 0.5) is 17.1 Å². The van der Waals surface area contributed by atoms with Crippen LogP contribution >= 0.6 is 0 Å². The van der Waals surface area contributed by atoms with Crippen LogP contribution in [0.15, 0.2) is 53.5 Å². The van der Waals surface area contributed by atoms with E-state index < -0.39 is 0 Å². The van der Waals surface area contributed by atoms with Gasteiger partial charge in [0.25, 0.3) is 0 Å². The van der Waals surface area contributed by atoms with Crippen LogP contribution in [0, 0.1) is 0 Å². The molecule has 0 aromatic heterocycles. The fraction of sp³-hybridized carbons (Fsp3) is 0.300. The molecule has 1 atom stereocenters. The van der Waals surface area contributed by atoms with Crippen molar-refractivity contribution in [2.75, 3.05) is 24.7 Å². The summed E-state index contributed by atoms with van der Waals surface area (Å²) in [5.74, 6) is 0.447. The van der Waals surface area contributed by atoms with Crippen LogP contribution in [-0.4, -0.2) is 25.6 Å². The minimum atomic E-state index is 0.200. The van der Waals surface area contributed by atoms with E-state index in [0.29, 0.717) is 18.5 Å². The average molecular weight is 321 g/mol. The van der Waals surface area contributed by atoms with Crippen LogP contribution in [0.1, 0.15) is 30.7 Å². The number of nitrogens with two attached hydrogens (primary N) is 1. The number of hydrogen-bond acceptors (Lipinski definition) is 4. The Bertz CT molecular complexity index is 763. The zero-order valence-electron chi connectivity index (χ0n) is 14.2. The first-order valence-electron chi connectivity index (χ1n) is 8.23. The van der Waals surface area contributed by atoms with Gasteiger partial charge >= 0.3 is 0 Å². The Morgan fingerprint density at radius 2 is 1.75 bits per heavy atom. The third-order valence-corrected chi connectivity index (χ3v) is 4.45. The zero-order valence-corrected chi connectivity index (χ0v) is 14.2. The summed E-state index contributed by atoms with van der Waals surface area (Å²) in [6.45, 7) is 0. The van der Waals surface area contributed by atoms with Gasteiger partial charge in [0.05, 0.1) is 11.4 Å². The molecule has 1 aliphatic carbocycles. The maximum absolute atomic E-state index is 12.2. The highest BCUT2D eigenvalue weighted by molar-refractivity contribution is 6.06. The monoisotopic (exact) mass is 321 g/mol. The minimum absolute atomic E-state index is 0.200. The smallest absolute Gasteiger partial charge is 0.139 e. The number of benzene rings is 2. The molecule has 124 valence electrons. The second-order valence-corrected chi connectivity index (χ2v) is 6.54. The van der Waals surface area contributed by atoms with Crippen molar-refractivity contribution in [1.29, 1.82) is 0 Å². The lowest BCUT2D eigenvalue weighted by Crippen LogP contribution is -2.21. The molecule has 1 aliphatic rings. The summed E-state index contributed by atoms with van der Waals surface area (Å²) < 4.78 is 0. The number of ketones is 1. The second kappa shape index (κ2) is 6.87. The highest BCUT2D eigenvalue weighted by Crippen LogP contribution is 2.32. The Balaban J connectivity index is 1.83. The SMILES string of the molecule is CN(C)c1ccc([C@@H]2CC(=O)CC(=Nc3ccccc3N)C2)cc1. The van der Waals surface area contributed by atoms with Crippen molar-refractivity contribution in [3.63, 3.8) is 0 Å². The molecule has 24 heavy (non-hydrogen) atoms. The molecule has 1 saturated carbocycles. The van der Waals surface area contributed by atoms with Gasteiger partial charge in [-0.15, -0.1) is 0 Å². The molecule has 4 heteroatoms. The van der Waals surface area contributed by atoms with Gasteiger partial charge in [-0.3, -0.25) is 9.79 Å². The molecule has 0 amide bonds. The van der Waals surface area contributed by atoms with E-state index in [1.807, 2.05) is 38.4 Å². The van der Waals surface area contributed by atoms with Crippen LogP contribution in [0.3, 0.4) is 0 Å². The molecule has 2 aromatic carbocycles. The topological polar surface area (TPSA) is 58.7 Å². The van der Waals surface area contributed by atoms with Gasteiger partial charge in [0, 0.05) is 38.3 Å². The van der Waals surface area contributed by atoms with E-state index in [9.17, 15) is 4.79 Å². The molecule has 0 aliphatic heterocycles. The van der Waals surface area contributed by atoms with Gasteiger partial charge in [0.15, 0.2) is 0 Å². The molecule has 0 heterocycles. The van der Waals surface area contributed by atoms with Crippen molar-refractivity contribution in [1.82, 2.24) is 0 Å². The molecule has 2 aromatic rings. The largest absolute Gasteiger partial charge is 0.397 e. The predicted molar refractivity (Wildman–Crippen MR) is 100 cm³/mol. The van der Waals surface area contributed by atoms with Crippen molar-refractivity contribution in [3.05, 3.63) is 54.1 Å². The number of anilines is 2. The quantitative estimate of drug-likeness (QED) is 0.871. The van der Waals surface area contributed by atoms with E-state index >= 15 is 0 Å². The summed E-state index contributed by atoms with van der Waals surface area (Å²) in [4.78, 5) is 18.9. The molecular formula is C20H23N3O. The molecule has 2 N–H and O–H groups in total. The van der Waals surface area contributed by atoms with Crippen LogP contribution in [-0.2, 0) is 4.79 Å². The lowest BCUT2D eigenvalue weighted by molar-refractivity contribution is -0.118. The maximum atomic E-state index is 12.2. The number of hydrogen-bond donors (Lipinski definition) is 1. The van der Waals surface area contributed by atoms with Crippen molar-refractivity contribution in [2.24, 2.45) is 4.99 Å². The molecule has 0 spiro atoms. The summed E-state index contributed by atoms with van der Waals surface area (Å²) in [7, 11) is 4.04. The van der Waals surface area contributed by atoms with Gasteiger partial charge in [0.1, 0.15) is 5.78 Å². The maximum Gasteiger partial charge on any atom is 0.139 e. The van der Waals surface area contributed by atoms with Crippen LogP contribution in [0.25, 0.3) is 0 Å². The molecule has 1 fully saturated rings. The highest BCUT2D eigenvalue weighted by Gasteiger charge is 2.25. The number of nitrogen functional groups attached to an aromatic ring is 1. The summed E-state index contributed by atoms with van der Waals surface area (Å²) in [5.41, 5.74) is 10.6. The zero-order chi connectivity index (χ0) is 17.1. The number of nitrogens with zero attached hydrogens (tertiary/aromatic N) is 2. The fourth-order valence-electron chi connectivity index (χ4n) is 3.13. The van der Waals surface area contributed by atoms with E-state index in [-0.39, 0.29) is 11.7 Å². The molecule has 0 bridgehead atoms. The number of para-hydroxylation sites is 2. The third kappa shape index (κ3) is 3.65. The predicted octanol–water partition coefficient (Wildman–Crippen LogP) is 3.94. The Labute approximate surface area is 143 Å². The van der Waals surface area contributed by atoms with E-state index in [2.05, 4.69) is 34.2 Å². The van der Waals surface area contributed by atoms with Crippen LogP contribution in [0.5, 0.6) is 0 Å². The van der Waals surface area contributed by atoms with Gasteiger partial charge in [-0.1, -0.05) is 24.3 Å². The van der Waals surface area contributed by atoms with Crippen molar-refractivity contribution in [3.8, 4) is 0 Å². The molecule has 3 rings (SSSR count). The van der Waals surface area contributed by atoms with Gasteiger partial charge in [-0.2, -0.15) is 0 Å². The number of aliphatic imine (C=N–C) groups is 1. The Hall–Kier alpha value is -2.62. The standard InChI is InChI=1S/C20H23N3O/c1-23(2)17-9-7-14(8-10-17)15-11-16(13-18(24)12-15)22-20-6-4-3-5-19(20)21/h3-10,15H,11-13,21H2,1-2H3/t15-/m0/s1. The minimum Gasteiger partial charge on any atom is -0.397 e. The van der Waals surface area contributed by atoms with Crippen LogP contribution < -0.4 is 10.6 Å². The van der Waals surface area contributed by atoms with E-state index in [1.54, 1.807) is 0 Å². The van der Waals surface area contributed by atoms with Gasteiger partial charge in [-0.25, -0.2) is 0 Å². The molecular weight excluding hydrogens is 298 g/mol. The van der Waals surface area contributed by atoms with Crippen molar-refractivity contribution in [2.45, 2.75) is 25.2 Å². The lowest BCUT2D eigenvalue weighted by Gasteiger charge is -2.24. The van der Waals surface area contributed by atoms with E-state index in [1.165, 1.54) is 5.56 Å². The number of rotatable bonds is 3. The Morgan fingerprint density at radius 1 is 1.04 bits per heavy atom. The summed E-state index contributed by atoms with van der Waals surface area (Å²) >= 11 is 0. The number of Topliss-reactive ketones (excluding diaryl/α,β-unsaturated/α-hetero) is 1. The normalized spacial score (nSPS) is 19.5. The summed E-state index contributed by atoms with van der Waals surface area (Å²) in [6, 6.07) is 16.0. The summed E-state index contributed by atoms with van der Waals surface area (Å²) in [6.07, 6.45) is 1.83. The first-order valence-corrected chi connectivity index (χ1v) is 8.23. The van der Waals surface area contributed by atoms with Gasteiger partial charge < -0.3 is 10.6 Å². The summed E-state index contributed by atoms with van der Waals surface area (Å²) in [5, 5.41) is 0. The van der Waals surface area contributed by atoms with Crippen LogP contribution in [0.2, 0.25) is 0 Å². The van der Waals surface area contributed by atoms with Gasteiger partial charge in [0.2, 0.25) is 0 Å². The lowest BCUT2D eigenvalue weighted by atomic mass is 9.82. The molecule has 4 nitrogen and oxygen atoms in total. The third-order valence-electron chi connectivity index (χ3n) is 4.45. The molecule has 0 radical (unpaired) electrons. The average Bonchev–Trinajstić information content (AvgIpc) is 2.56.